The van der Waals surface area contributed by atoms with Gasteiger partial charge in [0, 0.05) is 18.6 Å². The number of ether oxygens (including phenoxy) is 1. The van der Waals surface area contributed by atoms with Crippen molar-refractivity contribution in [1.82, 2.24) is 4.98 Å². The maximum Gasteiger partial charge on any atom is 0.121 e. The number of nitrogens with zero attached hydrogens (tertiary/aromatic N) is 1. The first-order valence-electron chi connectivity index (χ1n) is 5.07. The van der Waals surface area contributed by atoms with Crippen LogP contribution in [0.2, 0.25) is 0 Å². The number of allylic oxidation sites excluding steroid dienone is 1. The fourth-order valence-electron chi connectivity index (χ4n) is 1.36. The molecule has 0 aliphatic heterocycles. The highest BCUT2D eigenvalue weighted by Crippen LogP contribution is 2.27. The van der Waals surface area contributed by atoms with Crippen LogP contribution in [0.3, 0.4) is 0 Å². The molecule has 0 aliphatic rings. The van der Waals surface area contributed by atoms with Gasteiger partial charge in [0.25, 0.3) is 0 Å². The molecule has 0 radical (unpaired) electrons. The molecule has 0 saturated heterocycles. The summed E-state index contributed by atoms with van der Waals surface area (Å²) in [5.74, 6) is 1.15. The summed E-state index contributed by atoms with van der Waals surface area (Å²) in [6, 6.07) is 5.78. The summed E-state index contributed by atoms with van der Waals surface area (Å²) in [6.07, 6.45) is 2.33. The fraction of sp³-hybridized carbons (Fsp3) is 0.250. The number of methoxy groups -OCH3 is 1. The number of aliphatic hydroxyl groups is 1. The molecule has 0 bridgehead atoms. The van der Waals surface area contributed by atoms with E-state index in [9.17, 15) is 5.11 Å². The summed E-state index contributed by atoms with van der Waals surface area (Å²) in [6.45, 7) is 1.90. The van der Waals surface area contributed by atoms with Gasteiger partial charge in [-0.05, 0) is 12.1 Å². The Balaban J connectivity index is 2.44. The predicted octanol–water partition coefficient (Wildman–Crippen LogP) is 3.61. The van der Waals surface area contributed by atoms with Crippen molar-refractivity contribution in [3.05, 3.63) is 29.0 Å². The van der Waals surface area contributed by atoms with Crippen LogP contribution in [0.25, 0.3) is 16.3 Å². The predicted molar refractivity (Wildman–Crippen MR) is 67.1 cm³/mol. The summed E-state index contributed by atoms with van der Waals surface area (Å²) in [7, 11) is 1.64. The van der Waals surface area contributed by atoms with Crippen molar-refractivity contribution in [2.24, 2.45) is 0 Å². The number of rotatable bonds is 3. The Morgan fingerprint density at radius 1 is 1.56 bits per heavy atom. The second-order valence-corrected chi connectivity index (χ2v) is 4.44. The second kappa shape index (κ2) is 4.53. The molecule has 4 heteroatoms. The molecule has 0 atom stereocenters. The minimum atomic E-state index is 0.353. The zero-order valence-corrected chi connectivity index (χ0v) is 10.0. The van der Waals surface area contributed by atoms with Crippen molar-refractivity contribution in [1.29, 1.82) is 0 Å². The number of thiazole rings is 1. The summed E-state index contributed by atoms with van der Waals surface area (Å²) in [5, 5.41) is 10.3. The van der Waals surface area contributed by atoms with Gasteiger partial charge in [-0.3, -0.25) is 0 Å². The highest BCUT2D eigenvalue weighted by atomic mass is 32.1. The van der Waals surface area contributed by atoms with Crippen molar-refractivity contribution in [2.45, 2.75) is 13.3 Å². The quantitative estimate of drug-likeness (QED) is 0.826. The third-order valence-corrected chi connectivity index (χ3v) is 3.25. The van der Waals surface area contributed by atoms with Gasteiger partial charge in [0.15, 0.2) is 0 Å². The van der Waals surface area contributed by atoms with Gasteiger partial charge in [0.05, 0.1) is 23.1 Å². The molecular weight excluding hydrogens is 222 g/mol. The van der Waals surface area contributed by atoms with E-state index in [0.717, 1.165) is 21.0 Å². The topological polar surface area (TPSA) is 42.4 Å². The standard InChI is InChI=1S/C12H13NO2S/c1-3-8(14)6-12-13-10-7-9(15-2)4-5-11(10)16-12/h4-7,14H,3H2,1-2H3. The van der Waals surface area contributed by atoms with Gasteiger partial charge in [0.1, 0.15) is 10.8 Å². The van der Waals surface area contributed by atoms with E-state index < -0.39 is 0 Å². The van der Waals surface area contributed by atoms with E-state index >= 15 is 0 Å². The van der Waals surface area contributed by atoms with Gasteiger partial charge in [-0.15, -0.1) is 11.3 Å². The molecule has 0 fully saturated rings. The molecule has 2 aromatic rings. The summed E-state index contributed by atoms with van der Waals surface area (Å²) >= 11 is 1.56. The molecule has 3 nitrogen and oxygen atoms in total. The highest BCUT2D eigenvalue weighted by Gasteiger charge is 2.03. The number of aromatic nitrogens is 1. The number of aliphatic hydroxyl groups excluding tert-OH is 1. The molecule has 1 heterocycles. The molecule has 0 spiro atoms. The third kappa shape index (κ3) is 2.17. The van der Waals surface area contributed by atoms with Gasteiger partial charge in [-0.25, -0.2) is 4.98 Å². The zero-order valence-electron chi connectivity index (χ0n) is 9.23. The fourth-order valence-corrected chi connectivity index (χ4v) is 2.27. The van der Waals surface area contributed by atoms with Crippen molar-refractivity contribution in [3.63, 3.8) is 0 Å². The van der Waals surface area contributed by atoms with Crippen LogP contribution in [0.15, 0.2) is 24.0 Å². The normalized spacial score (nSPS) is 12.0. The third-order valence-electron chi connectivity index (χ3n) is 2.26. The van der Waals surface area contributed by atoms with Crippen LogP contribution in [0.1, 0.15) is 18.4 Å². The molecule has 16 heavy (non-hydrogen) atoms. The molecule has 0 saturated carbocycles. The van der Waals surface area contributed by atoms with E-state index in [1.807, 2.05) is 25.1 Å². The van der Waals surface area contributed by atoms with E-state index in [1.165, 1.54) is 0 Å². The van der Waals surface area contributed by atoms with Gasteiger partial charge < -0.3 is 9.84 Å². The maximum absolute atomic E-state index is 9.44. The maximum atomic E-state index is 9.44. The molecule has 84 valence electrons. The first-order valence-corrected chi connectivity index (χ1v) is 5.88. The van der Waals surface area contributed by atoms with E-state index in [2.05, 4.69) is 4.98 Å². The van der Waals surface area contributed by atoms with Crippen LogP contribution < -0.4 is 4.74 Å². The average molecular weight is 235 g/mol. The SMILES string of the molecule is CCC(O)=Cc1nc2cc(OC)ccc2s1. The van der Waals surface area contributed by atoms with Crippen LogP contribution in [0.5, 0.6) is 5.75 Å². The Morgan fingerprint density at radius 2 is 2.38 bits per heavy atom. The number of fused-ring (bicyclic) bond motifs is 1. The van der Waals surface area contributed by atoms with E-state index in [4.69, 9.17) is 4.74 Å². The largest absolute Gasteiger partial charge is 0.512 e. The Bertz CT molecular complexity index is 531. The van der Waals surface area contributed by atoms with Crippen LogP contribution in [0, 0.1) is 0 Å². The molecule has 2 rings (SSSR count). The lowest BCUT2D eigenvalue weighted by molar-refractivity contribution is 0.400. The average Bonchev–Trinajstić information content (AvgIpc) is 2.69. The Kier molecular flexibility index (Phi) is 3.10. The van der Waals surface area contributed by atoms with Crippen LogP contribution in [0.4, 0.5) is 0 Å². The van der Waals surface area contributed by atoms with Crippen molar-refractivity contribution in [2.75, 3.05) is 7.11 Å². The molecule has 1 aromatic heterocycles. The summed E-state index contributed by atoms with van der Waals surface area (Å²) in [4.78, 5) is 4.41. The summed E-state index contributed by atoms with van der Waals surface area (Å²) < 4.78 is 6.23. The first-order chi connectivity index (χ1) is 7.72. The molecule has 0 aliphatic carbocycles. The smallest absolute Gasteiger partial charge is 0.121 e. The molecule has 0 unspecified atom stereocenters. The minimum absolute atomic E-state index is 0.353. The van der Waals surface area contributed by atoms with Crippen molar-refractivity contribution < 1.29 is 9.84 Å². The first kappa shape index (κ1) is 11.0. The lowest BCUT2D eigenvalue weighted by Crippen LogP contribution is -1.81. The van der Waals surface area contributed by atoms with Crippen LogP contribution in [-0.2, 0) is 0 Å². The second-order valence-electron chi connectivity index (χ2n) is 3.37. The van der Waals surface area contributed by atoms with E-state index in [-0.39, 0.29) is 0 Å². The number of hydrogen-bond acceptors (Lipinski definition) is 4. The van der Waals surface area contributed by atoms with Gasteiger partial charge >= 0.3 is 0 Å². The van der Waals surface area contributed by atoms with E-state index in [1.54, 1.807) is 24.5 Å². The zero-order chi connectivity index (χ0) is 11.5. The minimum Gasteiger partial charge on any atom is -0.512 e. The van der Waals surface area contributed by atoms with Gasteiger partial charge in [-0.1, -0.05) is 6.92 Å². The monoisotopic (exact) mass is 235 g/mol. The molecule has 1 N–H and O–H groups in total. The Labute approximate surface area is 98.0 Å². The molecule has 0 amide bonds. The van der Waals surface area contributed by atoms with Gasteiger partial charge in [0.2, 0.25) is 0 Å². The molecular formula is C12H13NO2S. The van der Waals surface area contributed by atoms with E-state index in [0.29, 0.717) is 12.2 Å². The number of hydrogen-bond donors (Lipinski definition) is 1. The Morgan fingerprint density at radius 3 is 3.06 bits per heavy atom. The van der Waals surface area contributed by atoms with Crippen LogP contribution >= 0.6 is 11.3 Å². The lowest BCUT2D eigenvalue weighted by Gasteiger charge is -1.96. The van der Waals surface area contributed by atoms with Crippen molar-refractivity contribution in [3.8, 4) is 5.75 Å². The molecule has 1 aromatic carbocycles. The summed E-state index contributed by atoms with van der Waals surface area (Å²) in [5.41, 5.74) is 0.902. The Hall–Kier alpha value is -1.55. The van der Waals surface area contributed by atoms with Crippen molar-refractivity contribution >= 4 is 27.6 Å². The van der Waals surface area contributed by atoms with Gasteiger partial charge in [-0.2, -0.15) is 0 Å². The lowest BCUT2D eigenvalue weighted by atomic mass is 10.3. The highest BCUT2D eigenvalue weighted by molar-refractivity contribution is 7.19. The van der Waals surface area contributed by atoms with Crippen LogP contribution in [-0.4, -0.2) is 17.2 Å². The number of benzene rings is 1.